The van der Waals surface area contributed by atoms with E-state index in [9.17, 15) is 4.79 Å². The highest BCUT2D eigenvalue weighted by molar-refractivity contribution is 5.67. The van der Waals surface area contributed by atoms with E-state index in [4.69, 9.17) is 9.84 Å². The number of hydrogen-bond acceptors (Lipinski definition) is 3. The van der Waals surface area contributed by atoms with Crippen LogP contribution in [0.1, 0.15) is 19.4 Å². The number of benzene rings is 1. The number of hydrogen-bond donors (Lipinski definition) is 1. The number of ether oxygens (including phenoxy) is 1. The van der Waals surface area contributed by atoms with E-state index in [2.05, 4.69) is 36.9 Å². The molecule has 0 atom stereocenters. The number of carboxylic acid groups (broad SMARTS) is 1. The van der Waals surface area contributed by atoms with Gasteiger partial charge in [0.25, 0.3) is 0 Å². The third-order valence-electron chi connectivity index (χ3n) is 3.96. The Morgan fingerprint density at radius 3 is 2.60 bits per heavy atom. The van der Waals surface area contributed by atoms with E-state index in [1.807, 2.05) is 0 Å². The van der Waals surface area contributed by atoms with Crippen LogP contribution < -0.4 is 9.64 Å². The van der Waals surface area contributed by atoms with Crippen LogP contribution >= 0.6 is 0 Å². The molecule has 1 amide bonds. The van der Waals surface area contributed by atoms with Crippen molar-refractivity contribution in [2.75, 3.05) is 31.1 Å². The van der Waals surface area contributed by atoms with Crippen LogP contribution in [0.4, 0.5) is 10.5 Å². The summed E-state index contributed by atoms with van der Waals surface area (Å²) < 4.78 is 6.08. The molecule has 2 aliphatic heterocycles. The molecule has 0 bridgehead atoms. The van der Waals surface area contributed by atoms with Crippen molar-refractivity contribution in [1.82, 2.24) is 4.90 Å². The molecule has 0 aliphatic carbocycles. The van der Waals surface area contributed by atoms with Gasteiger partial charge in [-0.2, -0.15) is 0 Å². The summed E-state index contributed by atoms with van der Waals surface area (Å²) in [5.41, 5.74) is 2.19. The minimum Gasteiger partial charge on any atom is -0.485 e. The van der Waals surface area contributed by atoms with Gasteiger partial charge in [0.2, 0.25) is 0 Å². The molecule has 108 valence electrons. The first-order valence-electron chi connectivity index (χ1n) is 7.00. The highest BCUT2D eigenvalue weighted by Gasteiger charge is 2.33. The number of piperazine rings is 1. The van der Waals surface area contributed by atoms with Gasteiger partial charge in [-0.25, -0.2) is 4.79 Å². The van der Waals surface area contributed by atoms with Gasteiger partial charge in [0.05, 0.1) is 5.69 Å². The summed E-state index contributed by atoms with van der Waals surface area (Å²) >= 11 is 0. The molecule has 2 heterocycles. The van der Waals surface area contributed by atoms with Crippen molar-refractivity contribution in [2.24, 2.45) is 0 Å². The summed E-state index contributed by atoms with van der Waals surface area (Å²) in [5.74, 6) is 0.973. The van der Waals surface area contributed by atoms with Crippen LogP contribution in [-0.2, 0) is 6.42 Å². The van der Waals surface area contributed by atoms with Gasteiger partial charge in [-0.1, -0.05) is 12.1 Å². The Hall–Kier alpha value is -1.91. The average molecular weight is 276 g/mol. The molecular formula is C15H20N2O3. The first-order chi connectivity index (χ1) is 9.46. The Kier molecular flexibility index (Phi) is 3.00. The van der Waals surface area contributed by atoms with E-state index in [0.29, 0.717) is 26.2 Å². The number of amides is 1. The molecule has 3 rings (SSSR count). The Morgan fingerprint density at radius 1 is 1.25 bits per heavy atom. The molecule has 0 aromatic heterocycles. The molecule has 5 heteroatoms. The van der Waals surface area contributed by atoms with Crippen LogP contribution in [0.5, 0.6) is 5.75 Å². The Morgan fingerprint density at radius 2 is 1.95 bits per heavy atom. The van der Waals surface area contributed by atoms with Gasteiger partial charge in [-0.15, -0.1) is 0 Å². The van der Waals surface area contributed by atoms with Gasteiger partial charge >= 0.3 is 6.09 Å². The van der Waals surface area contributed by atoms with Crippen molar-refractivity contribution in [1.29, 1.82) is 0 Å². The molecule has 1 saturated heterocycles. The van der Waals surface area contributed by atoms with Gasteiger partial charge in [0, 0.05) is 38.2 Å². The van der Waals surface area contributed by atoms with E-state index < -0.39 is 6.09 Å². The zero-order valence-corrected chi connectivity index (χ0v) is 11.9. The normalized spacial score (nSPS) is 20.5. The van der Waals surface area contributed by atoms with Gasteiger partial charge < -0.3 is 19.6 Å². The lowest BCUT2D eigenvalue weighted by atomic mass is 10.0. The van der Waals surface area contributed by atoms with Crippen LogP contribution in [0, 0.1) is 0 Å². The molecule has 1 N–H and O–H groups in total. The molecule has 0 spiro atoms. The van der Waals surface area contributed by atoms with Gasteiger partial charge in [0.15, 0.2) is 0 Å². The lowest BCUT2D eigenvalue weighted by Gasteiger charge is -2.35. The number of anilines is 1. The van der Waals surface area contributed by atoms with E-state index >= 15 is 0 Å². The highest BCUT2D eigenvalue weighted by atomic mass is 16.5. The Balaban J connectivity index is 1.80. The number of rotatable bonds is 1. The van der Waals surface area contributed by atoms with Crippen LogP contribution in [0.3, 0.4) is 0 Å². The minimum absolute atomic E-state index is 0.151. The van der Waals surface area contributed by atoms with E-state index in [1.165, 1.54) is 10.5 Å². The molecule has 0 radical (unpaired) electrons. The predicted octanol–water partition coefficient (Wildman–Crippen LogP) is 2.20. The van der Waals surface area contributed by atoms with E-state index in [1.54, 1.807) is 0 Å². The first kappa shape index (κ1) is 13.1. The first-order valence-corrected chi connectivity index (χ1v) is 7.00. The van der Waals surface area contributed by atoms with Gasteiger partial charge in [-0.05, 0) is 19.9 Å². The summed E-state index contributed by atoms with van der Waals surface area (Å²) in [6.07, 6.45) is 0.0889. The predicted molar refractivity (Wildman–Crippen MR) is 76.7 cm³/mol. The van der Waals surface area contributed by atoms with Crippen molar-refractivity contribution >= 4 is 11.8 Å². The number of para-hydroxylation sites is 1. The van der Waals surface area contributed by atoms with Crippen molar-refractivity contribution < 1.29 is 14.6 Å². The molecule has 0 saturated carbocycles. The Bertz CT molecular complexity index is 534. The standard InChI is InChI=1S/C15H20N2O3/c1-15(2)10-11-4-3-5-12(13(11)20-15)16-6-8-17(9-7-16)14(18)19/h3-5H,6-10H2,1-2H3,(H,18,19). The fraction of sp³-hybridized carbons (Fsp3) is 0.533. The third-order valence-corrected chi connectivity index (χ3v) is 3.96. The SMILES string of the molecule is CC1(C)Cc2cccc(N3CCN(C(=O)O)CC3)c2O1. The summed E-state index contributed by atoms with van der Waals surface area (Å²) in [5, 5.41) is 9.00. The lowest BCUT2D eigenvalue weighted by molar-refractivity contribution is 0.137. The molecule has 1 aromatic carbocycles. The van der Waals surface area contributed by atoms with Crippen molar-refractivity contribution in [3.05, 3.63) is 23.8 Å². The summed E-state index contributed by atoms with van der Waals surface area (Å²) in [6.45, 7) is 6.71. The van der Waals surface area contributed by atoms with Crippen molar-refractivity contribution in [3.63, 3.8) is 0 Å². The van der Waals surface area contributed by atoms with Crippen LogP contribution in [-0.4, -0.2) is 47.9 Å². The minimum atomic E-state index is -0.833. The maximum atomic E-state index is 11.0. The number of fused-ring (bicyclic) bond motifs is 1. The fourth-order valence-electron chi connectivity index (χ4n) is 2.99. The summed E-state index contributed by atoms with van der Waals surface area (Å²) in [6, 6.07) is 6.24. The monoisotopic (exact) mass is 276 g/mol. The highest BCUT2D eigenvalue weighted by Crippen LogP contribution is 2.42. The van der Waals surface area contributed by atoms with E-state index in [0.717, 1.165) is 17.9 Å². The molecule has 1 fully saturated rings. The second-order valence-electron chi connectivity index (χ2n) is 6.06. The quantitative estimate of drug-likeness (QED) is 0.854. The van der Waals surface area contributed by atoms with Gasteiger partial charge in [0.1, 0.15) is 11.4 Å². The largest absolute Gasteiger partial charge is 0.485 e. The zero-order valence-electron chi connectivity index (χ0n) is 11.9. The Labute approximate surface area is 118 Å². The lowest BCUT2D eigenvalue weighted by Crippen LogP contribution is -2.48. The van der Waals surface area contributed by atoms with Crippen molar-refractivity contribution in [2.45, 2.75) is 25.9 Å². The second kappa shape index (κ2) is 4.58. The maximum Gasteiger partial charge on any atom is 0.407 e. The van der Waals surface area contributed by atoms with Crippen LogP contribution in [0.2, 0.25) is 0 Å². The summed E-state index contributed by atoms with van der Waals surface area (Å²) in [4.78, 5) is 14.6. The van der Waals surface area contributed by atoms with Crippen LogP contribution in [0.15, 0.2) is 18.2 Å². The molecule has 1 aromatic rings. The molecular weight excluding hydrogens is 256 g/mol. The molecule has 0 unspecified atom stereocenters. The average Bonchev–Trinajstić information content (AvgIpc) is 2.72. The topological polar surface area (TPSA) is 53.0 Å². The van der Waals surface area contributed by atoms with Gasteiger partial charge in [-0.3, -0.25) is 0 Å². The smallest absolute Gasteiger partial charge is 0.407 e. The number of carbonyl (C=O) groups is 1. The zero-order chi connectivity index (χ0) is 14.3. The third kappa shape index (κ3) is 2.28. The van der Waals surface area contributed by atoms with E-state index in [-0.39, 0.29) is 5.60 Å². The fourth-order valence-corrected chi connectivity index (χ4v) is 2.99. The van der Waals surface area contributed by atoms with Crippen molar-refractivity contribution in [3.8, 4) is 5.75 Å². The number of nitrogens with zero attached hydrogens (tertiary/aromatic N) is 2. The van der Waals surface area contributed by atoms with Crippen LogP contribution in [0.25, 0.3) is 0 Å². The summed E-state index contributed by atoms with van der Waals surface area (Å²) in [7, 11) is 0. The second-order valence-corrected chi connectivity index (χ2v) is 6.06. The maximum absolute atomic E-state index is 11.0. The molecule has 2 aliphatic rings. The molecule has 20 heavy (non-hydrogen) atoms. The molecule has 5 nitrogen and oxygen atoms in total.